The SMILES string of the molecule is CC1CCC(C)C(OCC(O)[C@H](O)COC2CC(C)CCC2C)C1. The second kappa shape index (κ2) is 9.51. The largest absolute Gasteiger partial charge is 0.388 e. The maximum atomic E-state index is 10.2. The van der Waals surface area contributed by atoms with Gasteiger partial charge in [-0.3, -0.25) is 0 Å². The number of hydrogen-bond donors (Lipinski definition) is 2. The van der Waals surface area contributed by atoms with E-state index < -0.39 is 12.2 Å². The minimum absolute atomic E-state index is 0.197. The molecular weight excluding hydrogens is 304 g/mol. The Balaban J connectivity index is 1.68. The second-order valence-corrected chi connectivity index (χ2v) is 8.67. The molecular formula is C20H38O4. The number of aliphatic hydroxyl groups excluding tert-OH is 2. The molecule has 2 aliphatic rings. The van der Waals surface area contributed by atoms with E-state index in [9.17, 15) is 10.2 Å². The Morgan fingerprint density at radius 3 is 1.46 bits per heavy atom. The molecule has 0 aromatic rings. The van der Waals surface area contributed by atoms with Crippen LogP contribution in [-0.4, -0.2) is 47.8 Å². The molecule has 0 radical (unpaired) electrons. The lowest BCUT2D eigenvalue weighted by atomic mass is 9.81. The van der Waals surface area contributed by atoms with Gasteiger partial charge >= 0.3 is 0 Å². The molecule has 2 N–H and O–H groups in total. The summed E-state index contributed by atoms with van der Waals surface area (Å²) < 4.78 is 11.8. The topological polar surface area (TPSA) is 58.9 Å². The van der Waals surface area contributed by atoms with Gasteiger partial charge in [0, 0.05) is 0 Å². The zero-order chi connectivity index (χ0) is 17.7. The summed E-state index contributed by atoms with van der Waals surface area (Å²) in [6, 6.07) is 0. The van der Waals surface area contributed by atoms with Crippen molar-refractivity contribution in [2.45, 2.75) is 90.6 Å². The van der Waals surface area contributed by atoms with Crippen LogP contribution in [0.15, 0.2) is 0 Å². The Kier molecular flexibility index (Phi) is 7.99. The van der Waals surface area contributed by atoms with Gasteiger partial charge in [0.15, 0.2) is 0 Å². The van der Waals surface area contributed by atoms with E-state index in [1.54, 1.807) is 0 Å². The summed E-state index contributed by atoms with van der Waals surface area (Å²) in [5, 5.41) is 20.4. The van der Waals surface area contributed by atoms with Crippen LogP contribution in [0.4, 0.5) is 0 Å². The van der Waals surface area contributed by atoms with Crippen molar-refractivity contribution < 1.29 is 19.7 Å². The highest BCUT2D eigenvalue weighted by atomic mass is 16.5. The third-order valence-electron chi connectivity index (χ3n) is 6.17. The van der Waals surface area contributed by atoms with Gasteiger partial charge in [-0.25, -0.2) is 0 Å². The Morgan fingerprint density at radius 2 is 1.08 bits per heavy atom. The quantitative estimate of drug-likeness (QED) is 0.744. The van der Waals surface area contributed by atoms with Crippen molar-refractivity contribution in [1.29, 1.82) is 0 Å². The summed E-state index contributed by atoms with van der Waals surface area (Å²) in [4.78, 5) is 0. The molecule has 8 atom stereocenters. The normalized spacial score (nSPS) is 40.2. The fraction of sp³-hybridized carbons (Fsp3) is 1.00. The monoisotopic (exact) mass is 342 g/mol. The molecule has 4 nitrogen and oxygen atoms in total. The van der Waals surface area contributed by atoms with E-state index in [-0.39, 0.29) is 25.4 Å². The summed E-state index contributed by atoms with van der Waals surface area (Å²) in [6.07, 6.45) is 5.67. The first-order valence-corrected chi connectivity index (χ1v) is 9.96. The highest BCUT2D eigenvalue weighted by Crippen LogP contribution is 2.31. The third kappa shape index (κ3) is 5.98. The maximum Gasteiger partial charge on any atom is 0.105 e. The van der Waals surface area contributed by atoms with Crippen molar-refractivity contribution in [3.8, 4) is 0 Å². The fourth-order valence-corrected chi connectivity index (χ4v) is 4.09. The van der Waals surface area contributed by atoms with Crippen LogP contribution < -0.4 is 0 Å². The van der Waals surface area contributed by atoms with Gasteiger partial charge in [0.25, 0.3) is 0 Å². The molecule has 7 unspecified atom stereocenters. The minimum atomic E-state index is -0.870. The lowest BCUT2D eigenvalue weighted by Crippen LogP contribution is -2.40. The molecule has 4 heteroatoms. The Morgan fingerprint density at radius 1 is 0.708 bits per heavy atom. The molecule has 24 heavy (non-hydrogen) atoms. The van der Waals surface area contributed by atoms with Gasteiger partial charge in [0.05, 0.1) is 25.4 Å². The molecule has 2 aliphatic carbocycles. The standard InChI is InChI=1S/C20H38O4/c1-13-5-7-15(3)19(9-13)23-11-17(21)18(22)12-24-20-10-14(2)6-8-16(20)4/h13-22H,5-12H2,1-4H3/t13?,14?,15?,16?,17-,18?,19?,20?/m1/s1. The van der Waals surface area contributed by atoms with Gasteiger partial charge in [0.2, 0.25) is 0 Å². The summed E-state index contributed by atoms with van der Waals surface area (Å²) in [5.74, 6) is 2.44. The molecule has 0 bridgehead atoms. The van der Waals surface area contributed by atoms with E-state index in [0.29, 0.717) is 23.7 Å². The van der Waals surface area contributed by atoms with Crippen molar-refractivity contribution in [3.05, 3.63) is 0 Å². The van der Waals surface area contributed by atoms with Crippen LogP contribution in [0.3, 0.4) is 0 Å². The van der Waals surface area contributed by atoms with E-state index in [1.165, 1.54) is 25.7 Å². The van der Waals surface area contributed by atoms with Gasteiger partial charge in [0.1, 0.15) is 12.2 Å². The van der Waals surface area contributed by atoms with Crippen molar-refractivity contribution >= 4 is 0 Å². The molecule has 0 saturated heterocycles. The van der Waals surface area contributed by atoms with Crippen LogP contribution in [0.2, 0.25) is 0 Å². The van der Waals surface area contributed by atoms with Crippen LogP contribution in [0, 0.1) is 23.7 Å². The van der Waals surface area contributed by atoms with Gasteiger partial charge < -0.3 is 19.7 Å². The molecule has 2 saturated carbocycles. The predicted molar refractivity (Wildman–Crippen MR) is 95.9 cm³/mol. The van der Waals surface area contributed by atoms with E-state index in [2.05, 4.69) is 27.7 Å². The molecule has 0 spiro atoms. The van der Waals surface area contributed by atoms with Crippen LogP contribution in [0.5, 0.6) is 0 Å². The van der Waals surface area contributed by atoms with Gasteiger partial charge in [-0.15, -0.1) is 0 Å². The van der Waals surface area contributed by atoms with E-state index in [1.807, 2.05) is 0 Å². The Bertz CT molecular complexity index is 328. The first-order chi connectivity index (χ1) is 11.4. The summed E-state index contributed by atoms with van der Waals surface area (Å²) in [6.45, 7) is 9.34. The zero-order valence-electron chi connectivity index (χ0n) is 16.0. The van der Waals surface area contributed by atoms with Crippen molar-refractivity contribution in [2.24, 2.45) is 23.7 Å². The van der Waals surface area contributed by atoms with Gasteiger partial charge in [-0.1, -0.05) is 40.5 Å². The van der Waals surface area contributed by atoms with Crippen LogP contribution in [-0.2, 0) is 9.47 Å². The molecule has 142 valence electrons. The molecule has 2 fully saturated rings. The lowest BCUT2D eigenvalue weighted by Gasteiger charge is -2.34. The fourth-order valence-electron chi connectivity index (χ4n) is 4.09. The molecule has 0 aromatic carbocycles. The average molecular weight is 343 g/mol. The number of hydrogen-bond acceptors (Lipinski definition) is 4. The van der Waals surface area contributed by atoms with E-state index in [4.69, 9.17) is 9.47 Å². The van der Waals surface area contributed by atoms with Gasteiger partial charge in [-0.05, 0) is 49.4 Å². The molecule has 2 rings (SSSR count). The third-order valence-corrected chi connectivity index (χ3v) is 6.17. The van der Waals surface area contributed by atoms with Crippen molar-refractivity contribution in [3.63, 3.8) is 0 Å². The average Bonchev–Trinajstić information content (AvgIpc) is 2.55. The van der Waals surface area contributed by atoms with Gasteiger partial charge in [-0.2, -0.15) is 0 Å². The van der Waals surface area contributed by atoms with Crippen molar-refractivity contribution in [1.82, 2.24) is 0 Å². The van der Waals surface area contributed by atoms with E-state index >= 15 is 0 Å². The second-order valence-electron chi connectivity index (χ2n) is 8.67. The first-order valence-electron chi connectivity index (χ1n) is 9.96. The molecule has 0 aromatic heterocycles. The van der Waals surface area contributed by atoms with Crippen LogP contribution in [0.25, 0.3) is 0 Å². The Hall–Kier alpha value is -0.160. The predicted octanol–water partition coefficient (Wildman–Crippen LogP) is 3.39. The highest BCUT2D eigenvalue weighted by molar-refractivity contribution is 4.79. The Labute approximate surface area is 147 Å². The highest BCUT2D eigenvalue weighted by Gasteiger charge is 2.30. The summed E-state index contributed by atoms with van der Waals surface area (Å²) >= 11 is 0. The molecule has 0 amide bonds. The lowest BCUT2D eigenvalue weighted by molar-refractivity contribution is -0.119. The first kappa shape index (κ1) is 20.2. The number of aliphatic hydroxyl groups is 2. The summed E-state index contributed by atoms with van der Waals surface area (Å²) in [5.41, 5.74) is 0. The number of ether oxygens (including phenoxy) is 2. The van der Waals surface area contributed by atoms with E-state index in [0.717, 1.165) is 12.8 Å². The molecule has 0 aliphatic heterocycles. The molecule has 0 heterocycles. The maximum absolute atomic E-state index is 10.2. The smallest absolute Gasteiger partial charge is 0.105 e. The number of rotatable bonds is 7. The zero-order valence-corrected chi connectivity index (χ0v) is 16.0. The van der Waals surface area contributed by atoms with Crippen LogP contribution in [0.1, 0.15) is 66.2 Å². The summed E-state index contributed by atoms with van der Waals surface area (Å²) in [7, 11) is 0. The minimum Gasteiger partial charge on any atom is -0.388 e. The van der Waals surface area contributed by atoms with Crippen molar-refractivity contribution in [2.75, 3.05) is 13.2 Å². The van der Waals surface area contributed by atoms with Crippen LogP contribution >= 0.6 is 0 Å².